The summed E-state index contributed by atoms with van der Waals surface area (Å²) < 4.78 is 35.0. The fraction of sp³-hybridized carbons (Fsp3) is 0.0938. The maximum Gasteiger partial charge on any atom is 0.282 e. The first-order valence-corrected chi connectivity index (χ1v) is 15.5. The molecule has 0 fully saturated rings. The van der Waals surface area contributed by atoms with Gasteiger partial charge in [-0.25, -0.2) is 9.37 Å². The first-order valence-electron chi connectivity index (χ1n) is 13.1. The van der Waals surface area contributed by atoms with E-state index in [4.69, 9.17) is 18.9 Å². The summed E-state index contributed by atoms with van der Waals surface area (Å²) in [6.07, 6.45) is 1.54. The molecule has 216 valence electrons. The maximum atomic E-state index is 13.7. The Bertz CT molecular complexity index is 2090. The zero-order valence-corrected chi connectivity index (χ0v) is 27.2. The Morgan fingerprint density at radius 1 is 0.977 bits per heavy atom. The smallest absolute Gasteiger partial charge is 0.282 e. The molecule has 0 unspecified atom stereocenters. The molecule has 6 rings (SSSR count). The normalized spacial score (nSPS) is 11.6. The van der Waals surface area contributed by atoms with Gasteiger partial charge in [0.2, 0.25) is 5.82 Å². The second kappa shape index (κ2) is 12.4. The quantitative estimate of drug-likeness (QED) is 0.144. The number of ether oxygens (including phenoxy) is 2. The highest BCUT2D eigenvalue weighted by molar-refractivity contribution is 9.13. The summed E-state index contributed by atoms with van der Waals surface area (Å²) in [4.78, 5) is 18.4. The van der Waals surface area contributed by atoms with Crippen molar-refractivity contribution < 1.29 is 18.3 Å². The topological polar surface area (TPSA) is 78.9 Å². The van der Waals surface area contributed by atoms with Crippen molar-refractivity contribution in [3.05, 3.63) is 120 Å². The van der Waals surface area contributed by atoms with Crippen molar-refractivity contribution in [2.45, 2.75) is 13.5 Å². The highest BCUT2D eigenvalue weighted by atomic mass is 79.9. The van der Waals surface area contributed by atoms with E-state index in [0.29, 0.717) is 60.4 Å². The average Bonchev–Trinajstić information content (AvgIpc) is 3.42. The Kier molecular flexibility index (Phi) is 8.47. The SMILES string of the molecule is CCOc1cc(C=Nn2c(-c3cc4cc(Br)ccc4o3)nc3ccccc3c2=O)c(Br)c(Br)c1OCc1cccc(F)c1. The van der Waals surface area contributed by atoms with Crippen LogP contribution in [0.3, 0.4) is 0 Å². The number of hydrogen-bond acceptors (Lipinski definition) is 6. The molecular formula is C32H21Br3FN3O4. The number of furan rings is 1. The number of hydrogen-bond donors (Lipinski definition) is 0. The molecule has 7 nitrogen and oxygen atoms in total. The van der Waals surface area contributed by atoms with Gasteiger partial charge in [0.1, 0.15) is 18.0 Å². The number of aromatic nitrogens is 2. The molecule has 11 heteroatoms. The van der Waals surface area contributed by atoms with Crippen LogP contribution >= 0.6 is 47.8 Å². The predicted molar refractivity (Wildman–Crippen MR) is 176 cm³/mol. The minimum Gasteiger partial charge on any atom is -0.490 e. The Hall–Kier alpha value is -3.80. The summed E-state index contributed by atoms with van der Waals surface area (Å²) in [5, 5.41) is 5.85. The lowest BCUT2D eigenvalue weighted by Crippen LogP contribution is -2.20. The zero-order chi connectivity index (χ0) is 30.1. The van der Waals surface area contributed by atoms with Crippen molar-refractivity contribution in [3.63, 3.8) is 0 Å². The van der Waals surface area contributed by atoms with E-state index < -0.39 is 0 Å². The van der Waals surface area contributed by atoms with Crippen LogP contribution in [0.2, 0.25) is 0 Å². The van der Waals surface area contributed by atoms with E-state index >= 15 is 0 Å². The van der Waals surface area contributed by atoms with Crippen molar-refractivity contribution in [1.82, 2.24) is 9.66 Å². The maximum absolute atomic E-state index is 13.7. The van der Waals surface area contributed by atoms with Gasteiger partial charge in [-0.15, -0.1) is 0 Å². The van der Waals surface area contributed by atoms with E-state index in [9.17, 15) is 9.18 Å². The highest BCUT2D eigenvalue weighted by Crippen LogP contribution is 2.43. The van der Waals surface area contributed by atoms with Crippen LogP contribution in [0.5, 0.6) is 11.5 Å². The third-order valence-electron chi connectivity index (χ3n) is 6.49. The van der Waals surface area contributed by atoms with Crippen LogP contribution in [0.25, 0.3) is 33.5 Å². The van der Waals surface area contributed by atoms with E-state index in [1.807, 2.05) is 37.3 Å². The van der Waals surface area contributed by atoms with Crippen LogP contribution < -0.4 is 15.0 Å². The molecule has 4 aromatic carbocycles. The lowest BCUT2D eigenvalue weighted by atomic mass is 10.2. The molecule has 0 N–H and O–H groups in total. The Morgan fingerprint density at radius 2 is 1.81 bits per heavy atom. The molecular weight excluding hydrogens is 749 g/mol. The Balaban J connectivity index is 1.44. The van der Waals surface area contributed by atoms with Crippen molar-refractivity contribution in [2.24, 2.45) is 5.10 Å². The highest BCUT2D eigenvalue weighted by Gasteiger charge is 2.19. The second-order valence-electron chi connectivity index (χ2n) is 9.38. The lowest BCUT2D eigenvalue weighted by molar-refractivity contribution is 0.267. The first kappa shape index (κ1) is 29.3. The number of halogens is 4. The van der Waals surface area contributed by atoms with Crippen LogP contribution in [0.15, 0.2) is 107 Å². The molecule has 0 saturated carbocycles. The summed E-state index contributed by atoms with van der Waals surface area (Å²) in [7, 11) is 0. The molecule has 0 atom stereocenters. The van der Waals surface area contributed by atoms with Crippen LogP contribution in [0.1, 0.15) is 18.1 Å². The van der Waals surface area contributed by atoms with E-state index in [1.54, 1.807) is 36.4 Å². The molecule has 0 bridgehead atoms. The number of rotatable bonds is 8. The van der Waals surface area contributed by atoms with E-state index in [-0.39, 0.29) is 23.8 Å². The van der Waals surface area contributed by atoms with Gasteiger partial charge < -0.3 is 13.9 Å². The molecule has 0 spiro atoms. The fourth-order valence-corrected chi connectivity index (χ4v) is 5.83. The van der Waals surface area contributed by atoms with Crippen LogP contribution in [0, 0.1) is 5.82 Å². The molecule has 2 heterocycles. The number of nitrogens with zero attached hydrogens (tertiary/aromatic N) is 3. The van der Waals surface area contributed by atoms with Gasteiger partial charge in [-0.05, 0) is 98.9 Å². The van der Waals surface area contributed by atoms with Gasteiger partial charge in [-0.3, -0.25) is 4.79 Å². The Morgan fingerprint density at radius 3 is 2.63 bits per heavy atom. The van der Waals surface area contributed by atoms with Gasteiger partial charge in [-0.1, -0.05) is 40.2 Å². The molecule has 2 aromatic heterocycles. The fourth-order valence-electron chi connectivity index (χ4n) is 4.51. The first-order chi connectivity index (χ1) is 20.8. The Labute approximate surface area is 270 Å². The lowest BCUT2D eigenvalue weighted by Gasteiger charge is -2.16. The molecule has 43 heavy (non-hydrogen) atoms. The van der Waals surface area contributed by atoms with Crippen molar-refractivity contribution in [2.75, 3.05) is 6.61 Å². The summed E-state index contributed by atoms with van der Waals surface area (Å²) >= 11 is 10.7. The minimum atomic E-state index is -0.353. The van der Waals surface area contributed by atoms with Crippen molar-refractivity contribution in [1.29, 1.82) is 0 Å². The summed E-state index contributed by atoms with van der Waals surface area (Å²) in [5.41, 5.74) is 2.10. The molecule has 0 saturated heterocycles. The van der Waals surface area contributed by atoms with Crippen LogP contribution in [0.4, 0.5) is 4.39 Å². The third kappa shape index (κ3) is 6.02. The third-order valence-corrected chi connectivity index (χ3v) is 9.13. The van der Waals surface area contributed by atoms with Crippen LogP contribution in [-0.2, 0) is 6.61 Å². The summed E-state index contributed by atoms with van der Waals surface area (Å²) in [5.74, 6) is 1.19. The second-order valence-corrected chi connectivity index (χ2v) is 11.9. The molecule has 0 aliphatic carbocycles. The largest absolute Gasteiger partial charge is 0.490 e. The summed E-state index contributed by atoms with van der Waals surface area (Å²) in [6.45, 7) is 2.37. The monoisotopic (exact) mass is 767 g/mol. The zero-order valence-electron chi connectivity index (χ0n) is 22.5. The standard InChI is InChI=1S/C32H21Br3FN3O4/c1-2-41-26-15-20(28(34)29(35)30(26)42-17-18-6-5-7-22(36)12-18)16-37-39-31(38-24-9-4-3-8-23(24)32(39)40)27-14-19-13-21(33)10-11-25(19)43-27/h3-16H,2,17H2,1H3. The van der Waals surface area contributed by atoms with Gasteiger partial charge in [0.05, 0.1) is 28.2 Å². The van der Waals surface area contributed by atoms with Gasteiger partial charge in [0, 0.05) is 19.9 Å². The van der Waals surface area contributed by atoms with Crippen LogP contribution in [-0.4, -0.2) is 22.5 Å². The van der Waals surface area contributed by atoms with E-state index in [2.05, 4.69) is 52.9 Å². The van der Waals surface area contributed by atoms with Gasteiger partial charge in [-0.2, -0.15) is 9.78 Å². The average molecular weight is 770 g/mol. The van der Waals surface area contributed by atoms with Gasteiger partial charge >= 0.3 is 0 Å². The predicted octanol–water partition coefficient (Wildman–Crippen LogP) is 9.10. The molecule has 0 aliphatic heterocycles. The molecule has 6 aromatic rings. The number of para-hydroxylation sites is 1. The molecule has 0 aliphatic rings. The van der Waals surface area contributed by atoms with Crippen molar-refractivity contribution >= 4 is 75.9 Å². The van der Waals surface area contributed by atoms with E-state index in [1.165, 1.54) is 23.0 Å². The van der Waals surface area contributed by atoms with Gasteiger partial charge in [0.25, 0.3) is 5.56 Å². The van der Waals surface area contributed by atoms with Crippen molar-refractivity contribution in [3.8, 4) is 23.1 Å². The molecule has 0 radical (unpaired) electrons. The molecule has 0 amide bonds. The number of benzene rings is 4. The minimum absolute atomic E-state index is 0.131. The van der Waals surface area contributed by atoms with E-state index in [0.717, 1.165) is 9.86 Å². The van der Waals surface area contributed by atoms with Gasteiger partial charge in [0.15, 0.2) is 17.3 Å². The summed E-state index contributed by atoms with van der Waals surface area (Å²) in [6, 6.07) is 22.5. The number of fused-ring (bicyclic) bond motifs is 2.